The molecule has 0 aromatic carbocycles. The Kier molecular flexibility index (Phi) is 5.02. The highest BCUT2D eigenvalue weighted by Gasteiger charge is 2.40. The summed E-state index contributed by atoms with van der Waals surface area (Å²) in [5.74, 6) is 0. The Morgan fingerprint density at radius 2 is 1.10 bits per heavy atom. The predicted octanol–water partition coefficient (Wildman–Crippen LogP) is 6.59. The van der Waals surface area contributed by atoms with Gasteiger partial charge >= 0.3 is 0 Å². The Hall–Kier alpha value is 0.880. The summed E-state index contributed by atoms with van der Waals surface area (Å²) in [5.41, 5.74) is 5.26. The Morgan fingerprint density at radius 1 is 0.800 bits per heavy atom. The fraction of sp³-hybridized carbons (Fsp3) is 0.500. The molecule has 0 aromatic rings. The van der Waals surface area contributed by atoms with Crippen LogP contribution in [0.4, 0.5) is 0 Å². The van der Waals surface area contributed by atoms with Crippen molar-refractivity contribution in [3.63, 3.8) is 0 Å². The van der Waals surface area contributed by atoms with Crippen molar-refractivity contribution in [2.45, 2.75) is 46.0 Å². The number of alkyl halides is 4. The van der Waals surface area contributed by atoms with Gasteiger partial charge < -0.3 is 0 Å². The molecule has 0 saturated heterocycles. The summed E-state index contributed by atoms with van der Waals surface area (Å²) in [4.78, 5) is 0.499. The molecule has 0 amide bonds. The van der Waals surface area contributed by atoms with Crippen LogP contribution in [0.3, 0.4) is 0 Å². The van der Waals surface area contributed by atoms with Gasteiger partial charge in [0.1, 0.15) is 0 Å². The van der Waals surface area contributed by atoms with Gasteiger partial charge in [-0.2, -0.15) is 0 Å². The first-order valence-corrected chi connectivity index (χ1v) is 9.95. The monoisotopic (exact) mass is 526 g/mol. The number of hydrogen-bond acceptors (Lipinski definition) is 0. The Bertz CT molecular complexity index is 497. The van der Waals surface area contributed by atoms with Gasteiger partial charge in [-0.3, -0.25) is 0 Å². The van der Waals surface area contributed by atoms with Crippen molar-refractivity contribution >= 4 is 63.7 Å². The molecule has 0 radical (unpaired) electrons. The number of allylic oxidation sites excluding steroid dienone is 8. The lowest BCUT2D eigenvalue weighted by Gasteiger charge is -2.38. The van der Waals surface area contributed by atoms with E-state index in [1.807, 2.05) is 0 Å². The molecule has 2 rings (SSSR count). The van der Waals surface area contributed by atoms with Crippen LogP contribution in [-0.2, 0) is 0 Å². The van der Waals surface area contributed by atoms with E-state index >= 15 is 0 Å². The van der Waals surface area contributed by atoms with E-state index in [9.17, 15) is 0 Å². The highest BCUT2D eigenvalue weighted by molar-refractivity contribution is 9.13. The molecule has 0 N–H and O–H groups in total. The minimum Gasteiger partial charge on any atom is -0.0820 e. The van der Waals surface area contributed by atoms with Gasteiger partial charge in [0, 0.05) is 0 Å². The molecule has 0 aromatic heterocycles. The Balaban J connectivity index is 2.51. The van der Waals surface area contributed by atoms with Gasteiger partial charge in [0.15, 0.2) is 0 Å². The first-order valence-electron chi connectivity index (χ1n) is 6.53. The van der Waals surface area contributed by atoms with Crippen molar-refractivity contribution in [2.75, 3.05) is 0 Å². The molecule has 0 spiro atoms. The average Bonchev–Trinajstić information content (AvgIpc) is 2.27. The fourth-order valence-corrected chi connectivity index (χ4v) is 5.10. The highest BCUT2D eigenvalue weighted by atomic mass is 79.9. The molecule has 4 atom stereocenters. The van der Waals surface area contributed by atoms with Crippen LogP contribution >= 0.6 is 63.7 Å². The second kappa shape index (κ2) is 5.82. The van der Waals surface area contributed by atoms with Gasteiger partial charge in [-0.1, -0.05) is 99.2 Å². The second-order valence-corrected chi connectivity index (χ2v) is 11.3. The summed E-state index contributed by atoms with van der Waals surface area (Å²) in [6, 6.07) is 0. The van der Waals surface area contributed by atoms with Crippen LogP contribution in [0.5, 0.6) is 0 Å². The maximum atomic E-state index is 3.87. The van der Waals surface area contributed by atoms with Gasteiger partial charge in [0.25, 0.3) is 0 Å². The molecular weight excluding hydrogens is 512 g/mol. The van der Waals surface area contributed by atoms with E-state index in [-0.39, 0.29) is 18.3 Å². The van der Waals surface area contributed by atoms with Crippen molar-refractivity contribution < 1.29 is 0 Å². The van der Waals surface area contributed by atoms with Crippen LogP contribution in [0, 0.1) is 0 Å². The summed E-state index contributed by atoms with van der Waals surface area (Å²) in [6.45, 7) is 8.71. The van der Waals surface area contributed by atoms with E-state index in [0.29, 0.717) is 0 Å². The molecule has 0 heterocycles. The van der Waals surface area contributed by atoms with E-state index in [0.717, 1.165) is 0 Å². The Morgan fingerprint density at radius 3 is 1.40 bits per heavy atom. The van der Waals surface area contributed by atoms with Crippen molar-refractivity contribution in [3.8, 4) is 0 Å². The van der Waals surface area contributed by atoms with Gasteiger partial charge in [0.05, 0.1) is 18.3 Å². The van der Waals surface area contributed by atoms with E-state index in [1.54, 1.807) is 0 Å². The number of hydrogen-bond donors (Lipinski definition) is 0. The van der Waals surface area contributed by atoms with E-state index < -0.39 is 0 Å². The lowest BCUT2D eigenvalue weighted by molar-refractivity contribution is 0.757. The molecule has 0 saturated carbocycles. The fourth-order valence-electron chi connectivity index (χ4n) is 2.82. The molecule has 2 aliphatic rings. The van der Waals surface area contributed by atoms with Crippen LogP contribution in [0.15, 0.2) is 46.6 Å². The third kappa shape index (κ3) is 3.28. The lowest BCUT2D eigenvalue weighted by atomic mass is 9.81. The van der Waals surface area contributed by atoms with Crippen LogP contribution in [0.1, 0.15) is 27.7 Å². The van der Waals surface area contributed by atoms with Gasteiger partial charge in [-0.15, -0.1) is 0 Å². The zero-order valence-electron chi connectivity index (χ0n) is 12.0. The third-order valence-corrected chi connectivity index (χ3v) is 9.15. The zero-order valence-corrected chi connectivity index (χ0v) is 18.3. The maximum Gasteiger partial charge on any atom is 0.0584 e. The number of halogens is 4. The smallest absolute Gasteiger partial charge is 0.0584 e. The summed E-state index contributed by atoms with van der Waals surface area (Å²) in [6.07, 6.45) is 9.09. The van der Waals surface area contributed by atoms with Crippen molar-refractivity contribution in [2.24, 2.45) is 0 Å². The molecule has 110 valence electrons. The van der Waals surface area contributed by atoms with E-state index in [2.05, 4.69) is 116 Å². The standard InChI is InChI=1S/C16H18Br4/c1-9-5-11(13(17)15(3,19)7-9)12-6-10(2)8-16(4,20)14(12)18/h5-8,13-14H,1-4H3. The first-order chi connectivity index (χ1) is 9.04. The summed E-state index contributed by atoms with van der Waals surface area (Å²) >= 11 is 15.4. The Labute approximate surface area is 155 Å². The number of rotatable bonds is 1. The van der Waals surface area contributed by atoms with Gasteiger partial charge in [0.2, 0.25) is 0 Å². The third-order valence-electron chi connectivity index (χ3n) is 3.66. The van der Waals surface area contributed by atoms with Crippen LogP contribution < -0.4 is 0 Å². The molecule has 20 heavy (non-hydrogen) atoms. The summed E-state index contributed by atoms with van der Waals surface area (Å²) < 4.78 is -0.126. The van der Waals surface area contributed by atoms with E-state index in [1.165, 1.54) is 22.3 Å². The zero-order chi connectivity index (χ0) is 15.3. The average molecular weight is 530 g/mol. The SMILES string of the molecule is CC1=CC(C)(Br)C(Br)C(C2=CC(C)=CC(C)(Br)C2Br)=C1. The van der Waals surface area contributed by atoms with Crippen LogP contribution in [0.25, 0.3) is 0 Å². The molecule has 0 aliphatic heterocycles. The largest absolute Gasteiger partial charge is 0.0820 e. The normalized spacial score (nSPS) is 41.6. The van der Waals surface area contributed by atoms with Crippen molar-refractivity contribution in [3.05, 3.63) is 46.6 Å². The second-order valence-electron chi connectivity index (χ2n) is 6.00. The maximum absolute atomic E-state index is 3.87. The minimum atomic E-state index is -0.0630. The highest BCUT2D eigenvalue weighted by Crippen LogP contribution is 2.47. The van der Waals surface area contributed by atoms with Gasteiger partial charge in [-0.25, -0.2) is 0 Å². The van der Waals surface area contributed by atoms with E-state index in [4.69, 9.17) is 0 Å². The molecule has 0 nitrogen and oxygen atoms in total. The summed E-state index contributed by atoms with van der Waals surface area (Å²) in [7, 11) is 0. The van der Waals surface area contributed by atoms with Crippen LogP contribution in [0.2, 0.25) is 0 Å². The van der Waals surface area contributed by atoms with Crippen molar-refractivity contribution in [1.29, 1.82) is 0 Å². The quantitative estimate of drug-likeness (QED) is 0.336. The molecule has 4 unspecified atom stereocenters. The predicted molar refractivity (Wildman–Crippen MR) is 104 cm³/mol. The minimum absolute atomic E-state index is 0.0630. The molecule has 0 fully saturated rings. The van der Waals surface area contributed by atoms with Crippen LogP contribution in [-0.4, -0.2) is 18.3 Å². The molecular formula is C16H18Br4. The summed E-state index contributed by atoms with van der Waals surface area (Å²) in [5, 5.41) is 0. The topological polar surface area (TPSA) is 0 Å². The first kappa shape index (κ1) is 17.2. The van der Waals surface area contributed by atoms with Gasteiger partial charge in [-0.05, 0) is 38.8 Å². The molecule has 2 aliphatic carbocycles. The molecule has 0 bridgehead atoms. The van der Waals surface area contributed by atoms with Crippen molar-refractivity contribution in [1.82, 2.24) is 0 Å². The molecule has 4 heteroatoms. The lowest BCUT2D eigenvalue weighted by Crippen LogP contribution is -2.37.